The van der Waals surface area contributed by atoms with Crippen LogP contribution in [-0.4, -0.2) is 26.6 Å². The molecule has 102 valence electrons. The molecule has 6 nitrogen and oxygen atoms in total. The number of fused-ring (bicyclic) bond motifs is 1. The van der Waals surface area contributed by atoms with Gasteiger partial charge >= 0.3 is 0 Å². The standard InChI is InChI=1S/C14H15N5O/c1-9-5-11-13(17-6-9)19(14(15)18-11)8-10-3-4-12(20-2)16-7-10/h3-7H,8H2,1-2H3,(H2,15,18). The summed E-state index contributed by atoms with van der Waals surface area (Å²) < 4.78 is 6.92. The largest absolute Gasteiger partial charge is 0.481 e. The molecule has 6 heteroatoms. The minimum absolute atomic E-state index is 0.453. The molecule has 3 aromatic rings. The summed E-state index contributed by atoms with van der Waals surface area (Å²) in [4.78, 5) is 12.9. The van der Waals surface area contributed by atoms with E-state index in [1.54, 1.807) is 13.3 Å². The molecule has 0 bridgehead atoms. The number of rotatable bonds is 3. The molecule has 0 radical (unpaired) electrons. The van der Waals surface area contributed by atoms with E-state index < -0.39 is 0 Å². The van der Waals surface area contributed by atoms with Gasteiger partial charge in [0.2, 0.25) is 11.8 Å². The molecule has 0 amide bonds. The van der Waals surface area contributed by atoms with Crippen molar-refractivity contribution in [3.8, 4) is 5.88 Å². The third kappa shape index (κ3) is 2.16. The van der Waals surface area contributed by atoms with Gasteiger partial charge in [-0.1, -0.05) is 6.07 Å². The number of pyridine rings is 2. The Morgan fingerprint density at radius 3 is 2.80 bits per heavy atom. The van der Waals surface area contributed by atoms with Gasteiger partial charge < -0.3 is 10.5 Å². The van der Waals surface area contributed by atoms with Crippen LogP contribution in [0.2, 0.25) is 0 Å². The molecule has 0 aliphatic rings. The third-order valence-corrected chi connectivity index (χ3v) is 3.10. The molecule has 0 aromatic carbocycles. The smallest absolute Gasteiger partial charge is 0.212 e. The summed E-state index contributed by atoms with van der Waals surface area (Å²) in [6.07, 6.45) is 3.57. The Balaban J connectivity index is 1.99. The summed E-state index contributed by atoms with van der Waals surface area (Å²) in [5.41, 5.74) is 9.64. The lowest BCUT2D eigenvalue weighted by molar-refractivity contribution is 0.397. The predicted octanol–water partition coefficient (Wildman–Crippen LogP) is 1.77. The molecule has 3 heterocycles. The summed E-state index contributed by atoms with van der Waals surface area (Å²) in [6.45, 7) is 2.56. The van der Waals surface area contributed by atoms with Gasteiger partial charge in [-0.25, -0.2) is 15.0 Å². The Morgan fingerprint density at radius 1 is 1.25 bits per heavy atom. The first-order chi connectivity index (χ1) is 9.67. The number of ether oxygens (including phenoxy) is 1. The number of hydrogen-bond donors (Lipinski definition) is 1. The van der Waals surface area contributed by atoms with Crippen molar-refractivity contribution in [1.29, 1.82) is 0 Å². The van der Waals surface area contributed by atoms with Crippen molar-refractivity contribution < 1.29 is 4.74 Å². The van der Waals surface area contributed by atoms with Crippen LogP contribution in [0, 0.1) is 6.92 Å². The van der Waals surface area contributed by atoms with E-state index in [2.05, 4.69) is 15.0 Å². The highest BCUT2D eigenvalue weighted by molar-refractivity contribution is 5.74. The van der Waals surface area contributed by atoms with Crippen LogP contribution in [0.15, 0.2) is 30.6 Å². The summed E-state index contributed by atoms with van der Waals surface area (Å²) in [5, 5.41) is 0. The average Bonchev–Trinajstić information content (AvgIpc) is 2.75. The Morgan fingerprint density at radius 2 is 2.10 bits per heavy atom. The summed E-state index contributed by atoms with van der Waals surface area (Å²) >= 11 is 0. The van der Waals surface area contributed by atoms with Crippen LogP contribution in [0.5, 0.6) is 5.88 Å². The molecule has 0 aliphatic carbocycles. The second-order valence-corrected chi connectivity index (χ2v) is 4.62. The van der Waals surface area contributed by atoms with Gasteiger partial charge in [-0.05, 0) is 24.1 Å². The lowest BCUT2D eigenvalue weighted by Gasteiger charge is -2.06. The van der Waals surface area contributed by atoms with E-state index >= 15 is 0 Å². The first-order valence-electron chi connectivity index (χ1n) is 6.24. The maximum absolute atomic E-state index is 5.97. The molecule has 0 spiro atoms. The Kier molecular flexibility index (Phi) is 2.98. The molecule has 0 saturated heterocycles. The van der Waals surface area contributed by atoms with Gasteiger partial charge in [-0.3, -0.25) is 4.57 Å². The van der Waals surface area contributed by atoms with Gasteiger partial charge in [0, 0.05) is 18.5 Å². The van der Waals surface area contributed by atoms with E-state index in [1.165, 1.54) is 0 Å². The van der Waals surface area contributed by atoms with Gasteiger partial charge in [0.05, 0.1) is 13.7 Å². The molecule has 0 unspecified atom stereocenters. The number of imidazole rings is 1. The second-order valence-electron chi connectivity index (χ2n) is 4.62. The maximum Gasteiger partial charge on any atom is 0.212 e. The quantitative estimate of drug-likeness (QED) is 0.784. The van der Waals surface area contributed by atoms with Gasteiger partial charge in [-0.2, -0.15) is 0 Å². The molecule has 3 rings (SSSR count). The minimum Gasteiger partial charge on any atom is -0.481 e. The molecule has 3 aromatic heterocycles. The SMILES string of the molecule is COc1ccc(Cn2c(N)nc3cc(C)cnc32)cn1. The molecule has 2 N–H and O–H groups in total. The van der Waals surface area contributed by atoms with Crippen LogP contribution in [-0.2, 0) is 6.54 Å². The number of anilines is 1. The molecule has 0 aliphatic heterocycles. The normalized spacial score (nSPS) is 10.9. The van der Waals surface area contributed by atoms with Crippen molar-refractivity contribution in [2.45, 2.75) is 13.5 Å². The van der Waals surface area contributed by atoms with Gasteiger partial charge in [0.25, 0.3) is 0 Å². The van der Waals surface area contributed by atoms with E-state index in [4.69, 9.17) is 10.5 Å². The second kappa shape index (κ2) is 4.80. The van der Waals surface area contributed by atoms with Crippen molar-refractivity contribution >= 4 is 17.1 Å². The number of hydrogen-bond acceptors (Lipinski definition) is 5. The summed E-state index contributed by atoms with van der Waals surface area (Å²) in [5.74, 6) is 1.04. The van der Waals surface area contributed by atoms with Crippen LogP contribution < -0.4 is 10.5 Å². The van der Waals surface area contributed by atoms with Crippen molar-refractivity contribution in [2.75, 3.05) is 12.8 Å². The van der Waals surface area contributed by atoms with Crippen LogP contribution in [0.1, 0.15) is 11.1 Å². The Bertz CT molecular complexity index is 748. The molecular weight excluding hydrogens is 254 g/mol. The van der Waals surface area contributed by atoms with Crippen LogP contribution in [0.4, 0.5) is 5.95 Å². The van der Waals surface area contributed by atoms with Crippen molar-refractivity contribution in [2.24, 2.45) is 0 Å². The van der Waals surface area contributed by atoms with Gasteiger partial charge in [-0.15, -0.1) is 0 Å². The van der Waals surface area contributed by atoms with E-state index in [-0.39, 0.29) is 0 Å². The van der Waals surface area contributed by atoms with Crippen LogP contribution >= 0.6 is 0 Å². The molecule has 0 saturated carbocycles. The monoisotopic (exact) mass is 269 g/mol. The fourth-order valence-corrected chi connectivity index (χ4v) is 2.09. The van der Waals surface area contributed by atoms with Crippen LogP contribution in [0.25, 0.3) is 11.2 Å². The highest BCUT2D eigenvalue weighted by Crippen LogP contribution is 2.18. The van der Waals surface area contributed by atoms with E-state index in [1.807, 2.05) is 35.9 Å². The number of aromatic nitrogens is 4. The highest BCUT2D eigenvalue weighted by Gasteiger charge is 2.10. The van der Waals surface area contributed by atoms with Crippen LogP contribution in [0.3, 0.4) is 0 Å². The Labute approximate surface area is 116 Å². The zero-order chi connectivity index (χ0) is 14.1. The fourth-order valence-electron chi connectivity index (χ4n) is 2.09. The van der Waals surface area contributed by atoms with Gasteiger partial charge in [0.15, 0.2) is 5.65 Å². The highest BCUT2D eigenvalue weighted by atomic mass is 16.5. The zero-order valence-corrected chi connectivity index (χ0v) is 11.4. The topological polar surface area (TPSA) is 78.9 Å². The number of nitrogens with zero attached hydrogens (tertiary/aromatic N) is 4. The zero-order valence-electron chi connectivity index (χ0n) is 11.4. The predicted molar refractivity (Wildman–Crippen MR) is 76.6 cm³/mol. The number of nitrogens with two attached hydrogens (primary N) is 1. The third-order valence-electron chi connectivity index (χ3n) is 3.10. The first kappa shape index (κ1) is 12.4. The molecule has 0 atom stereocenters. The number of nitrogen functional groups attached to an aromatic ring is 1. The van der Waals surface area contributed by atoms with Crippen molar-refractivity contribution in [1.82, 2.24) is 19.5 Å². The number of aryl methyl sites for hydroxylation is 1. The Hall–Kier alpha value is -2.63. The summed E-state index contributed by atoms with van der Waals surface area (Å²) in [7, 11) is 1.59. The average molecular weight is 269 g/mol. The van der Waals surface area contributed by atoms with Gasteiger partial charge in [0.1, 0.15) is 5.52 Å². The van der Waals surface area contributed by atoms with Crippen molar-refractivity contribution in [3.63, 3.8) is 0 Å². The van der Waals surface area contributed by atoms with E-state index in [0.29, 0.717) is 18.4 Å². The molecule has 0 fully saturated rings. The first-order valence-corrected chi connectivity index (χ1v) is 6.24. The fraction of sp³-hybridized carbons (Fsp3) is 0.214. The van der Waals surface area contributed by atoms with E-state index in [0.717, 1.165) is 22.3 Å². The maximum atomic E-state index is 5.97. The summed E-state index contributed by atoms with van der Waals surface area (Å²) in [6, 6.07) is 5.75. The number of methoxy groups -OCH3 is 1. The van der Waals surface area contributed by atoms with E-state index in [9.17, 15) is 0 Å². The molecule has 20 heavy (non-hydrogen) atoms. The van der Waals surface area contributed by atoms with Crippen molar-refractivity contribution in [3.05, 3.63) is 41.7 Å². The molecular formula is C14H15N5O. The lowest BCUT2D eigenvalue weighted by Crippen LogP contribution is -2.05. The lowest BCUT2D eigenvalue weighted by atomic mass is 10.3. The minimum atomic E-state index is 0.453.